The predicted molar refractivity (Wildman–Crippen MR) is 116 cm³/mol. The van der Waals surface area contributed by atoms with E-state index in [4.69, 9.17) is 4.74 Å². The molecule has 0 amide bonds. The minimum atomic E-state index is -0.0517. The van der Waals surface area contributed by atoms with Crippen molar-refractivity contribution in [3.05, 3.63) is 45.9 Å². The lowest BCUT2D eigenvalue weighted by Crippen LogP contribution is -2.43. The molecule has 0 bridgehead atoms. The van der Waals surface area contributed by atoms with Crippen LogP contribution in [0.4, 0.5) is 0 Å². The molecule has 1 aromatic carbocycles. The zero-order valence-corrected chi connectivity index (χ0v) is 18.6. The van der Waals surface area contributed by atoms with Gasteiger partial charge >= 0.3 is 0 Å². The highest BCUT2D eigenvalue weighted by Crippen LogP contribution is 2.25. The third-order valence-corrected chi connectivity index (χ3v) is 4.76. The van der Waals surface area contributed by atoms with Gasteiger partial charge in [0.2, 0.25) is 0 Å². The number of aryl methyl sites for hydroxylation is 1. The molecular formula is C18H27IN4OS. The van der Waals surface area contributed by atoms with E-state index in [1.54, 1.807) is 25.5 Å². The number of hydrogen-bond donors (Lipinski definition) is 2. The minimum absolute atomic E-state index is 0. The molecule has 0 unspecified atom stereocenters. The van der Waals surface area contributed by atoms with Gasteiger partial charge in [-0.25, -0.2) is 4.98 Å². The van der Waals surface area contributed by atoms with Gasteiger partial charge < -0.3 is 15.4 Å². The highest BCUT2D eigenvalue weighted by Gasteiger charge is 2.21. The number of guanidine groups is 1. The number of nitrogens with one attached hydrogen (secondary N) is 2. The van der Waals surface area contributed by atoms with Crippen molar-refractivity contribution < 1.29 is 4.74 Å². The molecule has 138 valence electrons. The van der Waals surface area contributed by atoms with Crippen LogP contribution < -0.4 is 15.4 Å². The predicted octanol–water partition coefficient (Wildman–Crippen LogP) is 3.72. The van der Waals surface area contributed by atoms with E-state index in [1.165, 1.54) is 10.4 Å². The van der Waals surface area contributed by atoms with Gasteiger partial charge in [0.15, 0.2) is 5.96 Å². The second kappa shape index (κ2) is 9.96. The Bertz CT molecular complexity index is 700. The third kappa shape index (κ3) is 6.47. The van der Waals surface area contributed by atoms with Crippen molar-refractivity contribution in [2.75, 3.05) is 20.7 Å². The summed E-state index contributed by atoms with van der Waals surface area (Å²) in [6, 6.07) is 8.19. The molecule has 0 atom stereocenters. The highest BCUT2D eigenvalue weighted by molar-refractivity contribution is 14.0. The fourth-order valence-corrected chi connectivity index (χ4v) is 3.04. The Kier molecular flexibility index (Phi) is 8.64. The first-order valence-electron chi connectivity index (χ1n) is 7.95. The molecule has 0 spiro atoms. The van der Waals surface area contributed by atoms with Crippen LogP contribution in [0.15, 0.2) is 35.5 Å². The number of halogens is 1. The molecule has 7 heteroatoms. The first-order valence-corrected chi connectivity index (χ1v) is 8.76. The monoisotopic (exact) mass is 474 g/mol. The van der Waals surface area contributed by atoms with E-state index in [1.807, 2.05) is 18.3 Å². The fraction of sp³-hybridized carbons (Fsp3) is 0.444. The summed E-state index contributed by atoms with van der Waals surface area (Å²) in [6.07, 6.45) is 1.89. The highest BCUT2D eigenvalue weighted by atomic mass is 127. The lowest BCUT2D eigenvalue weighted by Gasteiger charge is -2.27. The van der Waals surface area contributed by atoms with E-state index < -0.39 is 0 Å². The summed E-state index contributed by atoms with van der Waals surface area (Å²) >= 11 is 1.69. The van der Waals surface area contributed by atoms with Crippen LogP contribution in [0.25, 0.3) is 0 Å². The van der Waals surface area contributed by atoms with Gasteiger partial charge in [0, 0.05) is 30.1 Å². The van der Waals surface area contributed by atoms with Crippen molar-refractivity contribution in [3.63, 3.8) is 0 Å². The summed E-state index contributed by atoms with van der Waals surface area (Å²) < 4.78 is 5.32. The Labute approximate surface area is 171 Å². The van der Waals surface area contributed by atoms with Crippen LogP contribution in [0.1, 0.15) is 29.3 Å². The normalized spacial score (nSPS) is 11.6. The number of hydrogen-bond acceptors (Lipinski definition) is 4. The zero-order chi connectivity index (χ0) is 17.6. The van der Waals surface area contributed by atoms with Crippen molar-refractivity contribution in [1.29, 1.82) is 0 Å². The lowest BCUT2D eigenvalue weighted by molar-refractivity contribution is 0.411. The molecule has 5 nitrogen and oxygen atoms in total. The second-order valence-corrected chi connectivity index (χ2v) is 7.58. The van der Waals surface area contributed by atoms with Crippen molar-refractivity contribution in [2.24, 2.45) is 4.99 Å². The van der Waals surface area contributed by atoms with Gasteiger partial charge in [-0.05, 0) is 24.6 Å². The molecule has 1 heterocycles. The van der Waals surface area contributed by atoms with Crippen LogP contribution in [0.3, 0.4) is 0 Å². The number of methoxy groups -OCH3 is 1. The van der Waals surface area contributed by atoms with Crippen LogP contribution in [0, 0.1) is 6.92 Å². The largest absolute Gasteiger partial charge is 0.497 e. The van der Waals surface area contributed by atoms with E-state index in [-0.39, 0.29) is 29.4 Å². The van der Waals surface area contributed by atoms with Crippen LogP contribution in [-0.4, -0.2) is 31.6 Å². The Morgan fingerprint density at radius 2 is 2.08 bits per heavy atom. The quantitative estimate of drug-likeness (QED) is 0.381. The Morgan fingerprint density at radius 1 is 1.32 bits per heavy atom. The molecule has 0 fully saturated rings. The maximum atomic E-state index is 5.32. The Balaban J connectivity index is 0.00000312. The average Bonchev–Trinajstić information content (AvgIpc) is 3.00. The fourth-order valence-electron chi connectivity index (χ4n) is 2.31. The number of aliphatic imine (C=N–C) groups is 1. The number of nitrogens with zero attached hydrogens (tertiary/aromatic N) is 2. The minimum Gasteiger partial charge on any atom is -0.497 e. The van der Waals surface area contributed by atoms with Crippen LogP contribution in [0.2, 0.25) is 0 Å². The number of rotatable bonds is 6. The van der Waals surface area contributed by atoms with E-state index in [9.17, 15) is 0 Å². The van der Waals surface area contributed by atoms with Gasteiger partial charge in [-0.2, -0.15) is 0 Å². The molecule has 2 N–H and O–H groups in total. The molecular weight excluding hydrogens is 447 g/mol. The smallest absolute Gasteiger partial charge is 0.191 e. The van der Waals surface area contributed by atoms with E-state index >= 15 is 0 Å². The standard InChI is InChI=1S/C18H26N4OS.HI/c1-13-10-20-16(24-13)11-21-17(19-4)22-12-18(2,3)14-7-6-8-15(9-14)23-5;/h6-10H,11-12H2,1-5H3,(H2,19,21,22);1H. The summed E-state index contributed by atoms with van der Waals surface area (Å²) in [4.78, 5) is 9.86. The maximum Gasteiger partial charge on any atom is 0.191 e. The molecule has 2 aromatic rings. The molecule has 0 aliphatic rings. The lowest BCUT2D eigenvalue weighted by atomic mass is 9.84. The Hall–Kier alpha value is -1.35. The van der Waals surface area contributed by atoms with Gasteiger partial charge in [-0.1, -0.05) is 26.0 Å². The number of benzene rings is 1. The molecule has 0 radical (unpaired) electrons. The number of aromatic nitrogens is 1. The van der Waals surface area contributed by atoms with Gasteiger partial charge in [-0.15, -0.1) is 35.3 Å². The molecule has 1 aromatic heterocycles. The van der Waals surface area contributed by atoms with Crippen molar-refractivity contribution in [2.45, 2.75) is 32.7 Å². The second-order valence-electron chi connectivity index (χ2n) is 6.26. The van der Waals surface area contributed by atoms with Crippen molar-refractivity contribution >= 4 is 41.3 Å². The summed E-state index contributed by atoms with van der Waals surface area (Å²) in [5.41, 5.74) is 1.17. The third-order valence-electron chi connectivity index (χ3n) is 3.85. The maximum absolute atomic E-state index is 5.32. The van der Waals surface area contributed by atoms with E-state index in [0.717, 1.165) is 23.3 Å². The summed E-state index contributed by atoms with van der Waals surface area (Å²) in [5.74, 6) is 1.65. The van der Waals surface area contributed by atoms with Crippen LogP contribution in [0.5, 0.6) is 5.75 Å². The van der Waals surface area contributed by atoms with Crippen molar-refractivity contribution in [1.82, 2.24) is 15.6 Å². The van der Waals surface area contributed by atoms with E-state index in [0.29, 0.717) is 6.54 Å². The Morgan fingerprint density at radius 3 is 2.68 bits per heavy atom. The molecule has 0 saturated carbocycles. The number of ether oxygens (including phenoxy) is 1. The van der Waals surface area contributed by atoms with Crippen LogP contribution in [-0.2, 0) is 12.0 Å². The van der Waals surface area contributed by atoms with E-state index in [2.05, 4.69) is 53.5 Å². The van der Waals surface area contributed by atoms with Gasteiger partial charge in [0.25, 0.3) is 0 Å². The molecule has 0 aliphatic heterocycles. The van der Waals surface area contributed by atoms with Crippen LogP contribution >= 0.6 is 35.3 Å². The summed E-state index contributed by atoms with van der Waals surface area (Å²) in [6.45, 7) is 7.90. The zero-order valence-electron chi connectivity index (χ0n) is 15.4. The molecule has 2 rings (SSSR count). The molecule has 0 saturated heterocycles. The van der Waals surface area contributed by atoms with Gasteiger partial charge in [0.1, 0.15) is 10.8 Å². The van der Waals surface area contributed by atoms with Gasteiger partial charge in [-0.3, -0.25) is 4.99 Å². The first-order chi connectivity index (χ1) is 11.4. The molecule has 0 aliphatic carbocycles. The summed E-state index contributed by atoms with van der Waals surface area (Å²) in [7, 11) is 3.47. The topological polar surface area (TPSA) is 58.5 Å². The SMILES string of the molecule is CN=C(NCc1ncc(C)s1)NCC(C)(C)c1cccc(OC)c1.I. The van der Waals surface area contributed by atoms with Crippen molar-refractivity contribution in [3.8, 4) is 5.75 Å². The summed E-state index contributed by atoms with van der Waals surface area (Å²) in [5, 5.41) is 7.76. The number of thiazole rings is 1. The average molecular weight is 474 g/mol. The van der Waals surface area contributed by atoms with Gasteiger partial charge in [0.05, 0.1) is 13.7 Å². The molecule has 25 heavy (non-hydrogen) atoms. The first kappa shape index (κ1) is 21.7.